The molecule has 2 aliphatic rings. The number of hydrogen-bond donors (Lipinski definition) is 1. The van der Waals surface area contributed by atoms with Crippen molar-refractivity contribution in [2.75, 3.05) is 57.7 Å². The zero-order valence-corrected chi connectivity index (χ0v) is 17.4. The van der Waals surface area contributed by atoms with Gasteiger partial charge in [-0.15, -0.1) is 0 Å². The molecule has 0 aliphatic carbocycles. The normalized spacial score (nSPS) is 19.3. The van der Waals surface area contributed by atoms with Crippen molar-refractivity contribution in [3.63, 3.8) is 0 Å². The zero-order chi connectivity index (χ0) is 19.9. The Labute approximate surface area is 168 Å². The SMILES string of the molecule is Cc1cccc(C)c1NC(=O)CN1CCN(CC(=O)N2CCCCCC2)CC1. The summed E-state index contributed by atoms with van der Waals surface area (Å²) in [5.41, 5.74) is 3.10. The minimum absolute atomic E-state index is 0.0338. The quantitative estimate of drug-likeness (QED) is 0.843. The lowest BCUT2D eigenvalue weighted by molar-refractivity contribution is -0.133. The van der Waals surface area contributed by atoms with Gasteiger partial charge in [0.15, 0.2) is 0 Å². The number of carbonyl (C=O) groups excluding carboxylic acids is 2. The van der Waals surface area contributed by atoms with Gasteiger partial charge in [0, 0.05) is 45.0 Å². The topological polar surface area (TPSA) is 55.9 Å². The fourth-order valence-electron chi connectivity index (χ4n) is 4.11. The Morgan fingerprint density at radius 1 is 0.821 bits per heavy atom. The predicted octanol–water partition coefficient (Wildman–Crippen LogP) is 2.26. The standard InChI is InChI=1S/C22H34N4O2/c1-18-8-7-9-19(2)22(18)23-20(27)16-24-12-14-25(15-13-24)17-21(28)26-10-5-3-4-6-11-26/h7-9H,3-6,10-17H2,1-2H3,(H,23,27). The molecular weight excluding hydrogens is 352 g/mol. The third kappa shape index (κ3) is 5.79. The molecule has 2 heterocycles. The Hall–Kier alpha value is -1.92. The summed E-state index contributed by atoms with van der Waals surface area (Å²) in [5.74, 6) is 0.301. The van der Waals surface area contributed by atoms with Gasteiger partial charge in [-0.2, -0.15) is 0 Å². The number of benzene rings is 1. The molecule has 1 N–H and O–H groups in total. The number of aryl methyl sites for hydroxylation is 2. The third-order valence-corrected chi connectivity index (χ3v) is 5.90. The Bertz CT molecular complexity index is 655. The maximum Gasteiger partial charge on any atom is 0.238 e. The summed E-state index contributed by atoms with van der Waals surface area (Å²) in [6, 6.07) is 6.04. The molecule has 2 saturated heterocycles. The molecule has 0 bridgehead atoms. The molecule has 2 fully saturated rings. The number of hydrogen-bond acceptors (Lipinski definition) is 4. The van der Waals surface area contributed by atoms with Gasteiger partial charge < -0.3 is 10.2 Å². The fraction of sp³-hybridized carbons (Fsp3) is 0.636. The van der Waals surface area contributed by atoms with E-state index in [0.717, 1.165) is 68.9 Å². The third-order valence-electron chi connectivity index (χ3n) is 5.90. The Morgan fingerprint density at radius 3 is 1.93 bits per heavy atom. The maximum absolute atomic E-state index is 12.6. The molecule has 0 unspecified atom stereocenters. The largest absolute Gasteiger partial charge is 0.342 e. The molecule has 2 aliphatic heterocycles. The van der Waals surface area contributed by atoms with E-state index < -0.39 is 0 Å². The van der Waals surface area contributed by atoms with Crippen molar-refractivity contribution in [1.82, 2.24) is 14.7 Å². The first-order valence-electron chi connectivity index (χ1n) is 10.6. The summed E-state index contributed by atoms with van der Waals surface area (Å²) in [4.78, 5) is 31.5. The van der Waals surface area contributed by atoms with Crippen molar-refractivity contribution in [1.29, 1.82) is 0 Å². The van der Waals surface area contributed by atoms with E-state index in [2.05, 4.69) is 15.1 Å². The van der Waals surface area contributed by atoms with Gasteiger partial charge in [0.1, 0.15) is 0 Å². The lowest BCUT2D eigenvalue weighted by atomic mass is 10.1. The first kappa shape index (κ1) is 20.8. The van der Waals surface area contributed by atoms with E-state index in [1.165, 1.54) is 12.8 Å². The highest BCUT2D eigenvalue weighted by Crippen LogP contribution is 2.19. The van der Waals surface area contributed by atoms with Crippen LogP contribution in [0.2, 0.25) is 0 Å². The molecule has 0 aromatic heterocycles. The number of rotatable bonds is 5. The van der Waals surface area contributed by atoms with Crippen LogP contribution in [0.25, 0.3) is 0 Å². The average molecular weight is 387 g/mol. The lowest BCUT2D eigenvalue weighted by Crippen LogP contribution is -2.51. The molecule has 3 rings (SSSR count). The van der Waals surface area contributed by atoms with E-state index in [9.17, 15) is 9.59 Å². The zero-order valence-electron chi connectivity index (χ0n) is 17.4. The van der Waals surface area contributed by atoms with Crippen molar-refractivity contribution >= 4 is 17.5 Å². The number of nitrogens with one attached hydrogen (secondary N) is 1. The fourth-order valence-corrected chi connectivity index (χ4v) is 4.11. The minimum atomic E-state index is 0.0338. The molecule has 0 spiro atoms. The molecule has 6 heteroatoms. The Morgan fingerprint density at radius 2 is 1.36 bits per heavy atom. The first-order chi connectivity index (χ1) is 13.5. The molecular formula is C22H34N4O2. The van der Waals surface area contributed by atoms with Crippen molar-refractivity contribution in [3.05, 3.63) is 29.3 Å². The number of piperazine rings is 1. The highest BCUT2D eigenvalue weighted by atomic mass is 16.2. The van der Waals surface area contributed by atoms with Crippen LogP contribution in [0.4, 0.5) is 5.69 Å². The molecule has 154 valence electrons. The van der Waals surface area contributed by atoms with E-state index in [1.807, 2.05) is 36.9 Å². The monoisotopic (exact) mass is 386 g/mol. The van der Waals surface area contributed by atoms with E-state index >= 15 is 0 Å². The molecule has 0 radical (unpaired) electrons. The summed E-state index contributed by atoms with van der Waals surface area (Å²) in [7, 11) is 0. The summed E-state index contributed by atoms with van der Waals surface area (Å²) in [6.45, 7) is 10.1. The summed E-state index contributed by atoms with van der Waals surface area (Å²) in [6.07, 6.45) is 4.75. The van der Waals surface area contributed by atoms with E-state index in [-0.39, 0.29) is 11.8 Å². The Balaban J connectivity index is 1.41. The number of amides is 2. The minimum Gasteiger partial charge on any atom is -0.342 e. The van der Waals surface area contributed by atoms with Crippen LogP contribution in [0.1, 0.15) is 36.8 Å². The number of carbonyl (C=O) groups is 2. The van der Waals surface area contributed by atoms with Crippen LogP contribution in [0.3, 0.4) is 0 Å². The molecule has 2 amide bonds. The second kappa shape index (κ2) is 10.0. The molecule has 28 heavy (non-hydrogen) atoms. The van der Waals surface area contributed by atoms with Crippen molar-refractivity contribution in [2.24, 2.45) is 0 Å². The summed E-state index contributed by atoms with van der Waals surface area (Å²) < 4.78 is 0. The number of likely N-dealkylation sites (tertiary alicyclic amines) is 1. The van der Waals surface area contributed by atoms with Gasteiger partial charge in [-0.25, -0.2) is 0 Å². The van der Waals surface area contributed by atoms with Crippen LogP contribution in [-0.2, 0) is 9.59 Å². The number of para-hydroxylation sites is 1. The van der Waals surface area contributed by atoms with Gasteiger partial charge in [0.2, 0.25) is 11.8 Å². The van der Waals surface area contributed by atoms with E-state index in [0.29, 0.717) is 13.1 Å². The molecule has 1 aromatic rings. The number of anilines is 1. The highest BCUT2D eigenvalue weighted by molar-refractivity contribution is 5.93. The van der Waals surface area contributed by atoms with Crippen LogP contribution in [0.15, 0.2) is 18.2 Å². The second-order valence-electron chi connectivity index (χ2n) is 8.16. The molecule has 0 atom stereocenters. The van der Waals surface area contributed by atoms with Crippen LogP contribution in [0, 0.1) is 13.8 Å². The Kier molecular flexibility index (Phi) is 7.45. The first-order valence-corrected chi connectivity index (χ1v) is 10.6. The molecule has 0 saturated carbocycles. The van der Waals surface area contributed by atoms with E-state index in [1.54, 1.807) is 0 Å². The second-order valence-corrected chi connectivity index (χ2v) is 8.16. The van der Waals surface area contributed by atoms with Crippen molar-refractivity contribution < 1.29 is 9.59 Å². The van der Waals surface area contributed by atoms with Crippen molar-refractivity contribution in [3.8, 4) is 0 Å². The summed E-state index contributed by atoms with van der Waals surface area (Å²) in [5, 5.41) is 3.06. The van der Waals surface area contributed by atoms with Crippen LogP contribution >= 0.6 is 0 Å². The maximum atomic E-state index is 12.6. The summed E-state index contributed by atoms with van der Waals surface area (Å²) >= 11 is 0. The van der Waals surface area contributed by atoms with E-state index in [4.69, 9.17) is 0 Å². The van der Waals surface area contributed by atoms with Gasteiger partial charge in [0.25, 0.3) is 0 Å². The van der Waals surface area contributed by atoms with Gasteiger partial charge in [0.05, 0.1) is 13.1 Å². The lowest BCUT2D eigenvalue weighted by Gasteiger charge is -2.35. The molecule has 6 nitrogen and oxygen atoms in total. The van der Waals surface area contributed by atoms with Gasteiger partial charge in [-0.05, 0) is 37.8 Å². The smallest absolute Gasteiger partial charge is 0.238 e. The van der Waals surface area contributed by atoms with Gasteiger partial charge in [-0.3, -0.25) is 19.4 Å². The number of nitrogens with zero attached hydrogens (tertiary/aromatic N) is 3. The van der Waals surface area contributed by atoms with Gasteiger partial charge >= 0.3 is 0 Å². The average Bonchev–Trinajstić information content (AvgIpc) is 2.96. The highest BCUT2D eigenvalue weighted by Gasteiger charge is 2.23. The van der Waals surface area contributed by atoms with Crippen LogP contribution in [-0.4, -0.2) is 78.9 Å². The van der Waals surface area contributed by atoms with Gasteiger partial charge in [-0.1, -0.05) is 31.0 Å². The van der Waals surface area contributed by atoms with Crippen LogP contribution < -0.4 is 5.32 Å². The van der Waals surface area contributed by atoms with Crippen LogP contribution in [0.5, 0.6) is 0 Å². The molecule has 1 aromatic carbocycles. The van der Waals surface area contributed by atoms with Crippen molar-refractivity contribution in [2.45, 2.75) is 39.5 Å². The predicted molar refractivity (Wildman–Crippen MR) is 112 cm³/mol.